The summed E-state index contributed by atoms with van der Waals surface area (Å²) in [6.07, 6.45) is 14.8. The van der Waals surface area contributed by atoms with Gasteiger partial charge in [0.25, 0.3) is 0 Å². The van der Waals surface area contributed by atoms with E-state index < -0.39 is 0 Å². The minimum absolute atomic E-state index is 0. The molecular weight excluding hydrogens is 494 g/mol. The molecule has 0 N–H and O–H groups in total. The van der Waals surface area contributed by atoms with Crippen LogP contribution in [0.1, 0.15) is 107 Å². The van der Waals surface area contributed by atoms with Crippen molar-refractivity contribution in [2.75, 3.05) is 13.1 Å². The second-order valence-electron chi connectivity index (χ2n) is 8.53. The van der Waals surface area contributed by atoms with Gasteiger partial charge >= 0.3 is 0 Å². The molecule has 0 aromatic heterocycles. The van der Waals surface area contributed by atoms with Crippen LogP contribution in [0.2, 0.25) is 0 Å². The zero-order valence-corrected chi connectivity index (χ0v) is 26.3. The van der Waals surface area contributed by atoms with Crippen molar-refractivity contribution in [3.8, 4) is 0 Å². The van der Waals surface area contributed by atoms with E-state index in [4.69, 9.17) is 0 Å². The third kappa shape index (κ3) is 30.3. The Morgan fingerprint density at radius 1 is 0.643 bits per heavy atom. The molecule has 0 saturated carbocycles. The summed E-state index contributed by atoms with van der Waals surface area (Å²) in [4.78, 5) is 0. The van der Waals surface area contributed by atoms with Crippen LogP contribution in [-0.4, -0.2) is 25.2 Å². The molecule has 2 nitrogen and oxygen atoms in total. The molecule has 0 aromatic rings. The third-order valence-corrected chi connectivity index (χ3v) is 4.15. The fourth-order valence-corrected chi connectivity index (χ4v) is 3.19. The molecule has 2 aliphatic rings. The van der Waals surface area contributed by atoms with Crippen molar-refractivity contribution in [1.82, 2.24) is 0 Å². The van der Waals surface area contributed by atoms with Crippen LogP contribution in [0.25, 0.3) is 10.6 Å². The first-order valence-electron chi connectivity index (χ1n) is 11.2. The Morgan fingerprint density at radius 2 is 0.929 bits per heavy atom. The molecule has 0 unspecified atom stereocenters. The van der Waals surface area contributed by atoms with Crippen LogP contribution >= 0.6 is 0 Å². The Kier molecular flexibility index (Phi) is 39.0. The van der Waals surface area contributed by atoms with E-state index in [0.29, 0.717) is 12.1 Å². The van der Waals surface area contributed by atoms with E-state index in [1.165, 1.54) is 51.4 Å². The molecule has 0 aromatic carbocycles. The molecule has 2 atom stereocenters. The van der Waals surface area contributed by atoms with E-state index in [9.17, 15) is 0 Å². The van der Waals surface area contributed by atoms with Gasteiger partial charge in [0.05, 0.1) is 0 Å². The molecular formula is C24H50N2Y2-4. The van der Waals surface area contributed by atoms with Crippen molar-refractivity contribution < 1.29 is 65.4 Å². The van der Waals surface area contributed by atoms with Gasteiger partial charge in [0, 0.05) is 65.4 Å². The Bertz CT molecular complexity index is 223. The number of piperidine rings is 2. The van der Waals surface area contributed by atoms with Crippen LogP contribution in [-0.2, 0) is 65.4 Å². The van der Waals surface area contributed by atoms with Crippen molar-refractivity contribution in [1.29, 1.82) is 0 Å². The fraction of sp³-hybridized carbons (Fsp3) is 0.917. The average Bonchev–Trinajstić information content (AvgIpc) is 2.57. The minimum Gasteiger partial charge on any atom is -0.660 e. The van der Waals surface area contributed by atoms with Gasteiger partial charge in [-0.1, -0.05) is 79.1 Å². The number of hydrogen-bond acceptors (Lipinski definition) is 0. The zero-order chi connectivity index (χ0) is 20.2. The average molecular weight is 544 g/mol. The van der Waals surface area contributed by atoms with Crippen molar-refractivity contribution in [3.05, 3.63) is 23.5 Å². The van der Waals surface area contributed by atoms with Crippen LogP contribution in [0.4, 0.5) is 0 Å². The summed E-state index contributed by atoms with van der Waals surface area (Å²) in [5.41, 5.74) is 0. The topological polar surface area (TPSA) is 28.2 Å². The van der Waals surface area contributed by atoms with Crippen molar-refractivity contribution in [3.63, 3.8) is 0 Å². The quantitative estimate of drug-likeness (QED) is 0.318. The van der Waals surface area contributed by atoms with E-state index in [0.717, 1.165) is 24.9 Å². The van der Waals surface area contributed by atoms with Crippen LogP contribution in [0.5, 0.6) is 0 Å². The molecule has 0 bridgehead atoms. The van der Waals surface area contributed by atoms with Gasteiger partial charge in [-0.25, -0.2) is 0 Å². The molecule has 166 valence electrons. The smallest absolute Gasteiger partial charge is 0 e. The standard InChI is InChI=1S/2C9H18N.2C3H7.2Y/c2*1-8(2)7-9-5-3-4-6-10-9;2*1-3-2;;/h2*8-9H,3-7H2,1-2H3;2*3H,1-2H3;;/q4*-1;;/t2*9-;;;;/m10..../s1. The first-order chi connectivity index (χ1) is 12.4. The van der Waals surface area contributed by atoms with Gasteiger partial charge in [-0.15, -0.1) is 25.2 Å². The van der Waals surface area contributed by atoms with Gasteiger partial charge in [0.1, 0.15) is 0 Å². The molecule has 2 fully saturated rings. The Hall–Kier alpha value is 2.13. The molecule has 2 heterocycles. The van der Waals surface area contributed by atoms with Crippen LogP contribution in [0.15, 0.2) is 0 Å². The van der Waals surface area contributed by atoms with E-state index >= 15 is 0 Å². The largest absolute Gasteiger partial charge is 0.660 e. The van der Waals surface area contributed by atoms with Crippen molar-refractivity contribution >= 4 is 0 Å². The maximum absolute atomic E-state index is 4.57. The molecule has 0 aliphatic carbocycles. The Labute approximate surface area is 230 Å². The van der Waals surface area contributed by atoms with Gasteiger partial charge < -0.3 is 23.5 Å². The van der Waals surface area contributed by atoms with Gasteiger partial charge in [0.2, 0.25) is 0 Å². The molecule has 2 rings (SSSR count). The van der Waals surface area contributed by atoms with E-state index in [1.807, 2.05) is 40.5 Å². The van der Waals surface area contributed by atoms with Crippen molar-refractivity contribution in [2.24, 2.45) is 11.8 Å². The molecule has 0 amide bonds. The summed E-state index contributed by atoms with van der Waals surface area (Å²) < 4.78 is 0. The SMILES string of the molecule is CC(C)C[C@@H]1CCCC[N-]1.CC(C)C[C@H]1CCCC[N-]1.C[CH-]C.C[CH-]C.[Y].[Y]. The van der Waals surface area contributed by atoms with E-state index in [-0.39, 0.29) is 65.4 Å². The van der Waals surface area contributed by atoms with Gasteiger partial charge in [0.15, 0.2) is 0 Å². The monoisotopic (exact) mass is 544 g/mol. The molecule has 4 heteroatoms. The molecule has 28 heavy (non-hydrogen) atoms. The van der Waals surface area contributed by atoms with Gasteiger partial charge in [-0.2, -0.15) is 27.7 Å². The predicted octanol–water partition coefficient (Wildman–Crippen LogP) is 8.37. The molecule has 2 aliphatic heterocycles. The second-order valence-corrected chi connectivity index (χ2v) is 8.53. The van der Waals surface area contributed by atoms with Crippen LogP contribution in [0.3, 0.4) is 0 Å². The predicted molar refractivity (Wildman–Crippen MR) is 122 cm³/mol. The summed E-state index contributed by atoms with van der Waals surface area (Å²) in [6.45, 7) is 19.4. The Morgan fingerprint density at radius 3 is 1.11 bits per heavy atom. The van der Waals surface area contributed by atoms with Crippen LogP contribution < -0.4 is 0 Å². The van der Waals surface area contributed by atoms with Crippen LogP contribution in [0, 0.1) is 24.7 Å². The number of nitrogens with zero attached hydrogens (tertiary/aromatic N) is 2. The van der Waals surface area contributed by atoms with E-state index in [2.05, 4.69) is 38.3 Å². The first kappa shape index (κ1) is 37.4. The zero-order valence-electron chi connectivity index (χ0n) is 20.6. The maximum Gasteiger partial charge on any atom is 0 e. The Balaban J connectivity index is -0.000000153. The molecule has 2 radical (unpaired) electrons. The number of hydrogen-bond donors (Lipinski definition) is 0. The summed E-state index contributed by atoms with van der Waals surface area (Å²) in [7, 11) is 0. The second kappa shape index (κ2) is 29.1. The van der Waals surface area contributed by atoms with Gasteiger partial charge in [-0.3, -0.25) is 0 Å². The summed E-state index contributed by atoms with van der Waals surface area (Å²) in [5, 5.41) is 9.14. The fourth-order valence-electron chi connectivity index (χ4n) is 3.19. The summed E-state index contributed by atoms with van der Waals surface area (Å²) >= 11 is 0. The molecule has 0 spiro atoms. The number of rotatable bonds is 4. The minimum atomic E-state index is 0. The maximum atomic E-state index is 4.57. The van der Waals surface area contributed by atoms with Crippen molar-refractivity contribution in [2.45, 2.75) is 119 Å². The summed E-state index contributed by atoms with van der Waals surface area (Å²) in [6, 6.07) is 1.41. The first-order valence-corrected chi connectivity index (χ1v) is 11.2. The van der Waals surface area contributed by atoms with E-state index in [1.54, 1.807) is 0 Å². The molecule has 2 saturated heterocycles. The third-order valence-electron chi connectivity index (χ3n) is 4.15. The summed E-state index contributed by atoms with van der Waals surface area (Å²) in [5.74, 6) is 1.65. The normalized spacial score (nSPS) is 20.8. The van der Waals surface area contributed by atoms with Gasteiger partial charge in [-0.05, 0) is 11.8 Å².